The van der Waals surface area contributed by atoms with Crippen LogP contribution in [-0.4, -0.2) is 61.9 Å². The number of hydrogen-bond acceptors (Lipinski definition) is 7. The summed E-state index contributed by atoms with van der Waals surface area (Å²) in [5, 5.41) is 4.86. The number of pyridine rings is 1. The largest absolute Gasteiger partial charge is 0.340 e. The van der Waals surface area contributed by atoms with Crippen LogP contribution in [0.15, 0.2) is 40.2 Å². The molecule has 1 aliphatic heterocycles. The second-order valence-corrected chi connectivity index (χ2v) is 7.03. The predicted octanol–water partition coefficient (Wildman–Crippen LogP) is 0.0158. The van der Waals surface area contributed by atoms with Crippen LogP contribution in [0.2, 0.25) is 0 Å². The first-order valence-corrected chi connectivity index (χ1v) is 9.36. The standard InChI is InChI=1S/C19H23N7O2/c1-14-3-4-17(27)26(22-14)12-9-24-7-10-25(11-8-24)19-21-16-13-20-6-5-15(16)18(28)23(19)2/h3-6,13H,7-12H2,1-2H3. The van der Waals surface area contributed by atoms with E-state index in [9.17, 15) is 9.59 Å². The highest BCUT2D eigenvalue weighted by Gasteiger charge is 2.21. The summed E-state index contributed by atoms with van der Waals surface area (Å²) in [6.07, 6.45) is 3.24. The minimum absolute atomic E-state index is 0.0604. The Morgan fingerprint density at radius 2 is 1.82 bits per heavy atom. The average Bonchev–Trinajstić information content (AvgIpc) is 2.72. The van der Waals surface area contributed by atoms with E-state index >= 15 is 0 Å². The van der Waals surface area contributed by atoms with E-state index in [0.717, 1.165) is 38.4 Å². The van der Waals surface area contributed by atoms with Crippen molar-refractivity contribution < 1.29 is 0 Å². The summed E-state index contributed by atoms with van der Waals surface area (Å²) in [5.74, 6) is 0.668. The van der Waals surface area contributed by atoms with Gasteiger partial charge in [-0.1, -0.05) is 0 Å². The van der Waals surface area contributed by atoms with Gasteiger partial charge in [0.25, 0.3) is 11.1 Å². The van der Waals surface area contributed by atoms with Crippen LogP contribution in [0, 0.1) is 6.92 Å². The third kappa shape index (κ3) is 3.53. The molecule has 9 heteroatoms. The van der Waals surface area contributed by atoms with Crippen molar-refractivity contribution >= 4 is 16.9 Å². The molecule has 3 aromatic rings. The number of aromatic nitrogens is 5. The third-order valence-electron chi connectivity index (χ3n) is 5.14. The van der Waals surface area contributed by atoms with Gasteiger partial charge in [-0.05, 0) is 19.1 Å². The maximum atomic E-state index is 12.6. The lowest BCUT2D eigenvalue weighted by Gasteiger charge is -2.35. The van der Waals surface area contributed by atoms with E-state index in [4.69, 9.17) is 0 Å². The minimum atomic E-state index is -0.0757. The summed E-state index contributed by atoms with van der Waals surface area (Å²) < 4.78 is 3.12. The van der Waals surface area contributed by atoms with E-state index in [1.165, 1.54) is 4.68 Å². The first-order chi connectivity index (χ1) is 13.5. The molecule has 4 heterocycles. The van der Waals surface area contributed by atoms with Gasteiger partial charge in [-0.15, -0.1) is 0 Å². The van der Waals surface area contributed by atoms with Gasteiger partial charge in [-0.2, -0.15) is 5.10 Å². The molecule has 0 bridgehead atoms. The molecule has 1 saturated heterocycles. The van der Waals surface area contributed by atoms with E-state index in [-0.39, 0.29) is 11.1 Å². The molecule has 0 saturated carbocycles. The van der Waals surface area contributed by atoms with Crippen molar-refractivity contribution in [2.45, 2.75) is 13.5 Å². The number of nitrogens with zero attached hydrogens (tertiary/aromatic N) is 7. The number of piperazine rings is 1. The van der Waals surface area contributed by atoms with E-state index in [2.05, 4.69) is 24.9 Å². The van der Waals surface area contributed by atoms with Crippen LogP contribution in [0.4, 0.5) is 5.95 Å². The van der Waals surface area contributed by atoms with Crippen LogP contribution >= 0.6 is 0 Å². The van der Waals surface area contributed by atoms with Gasteiger partial charge in [-0.25, -0.2) is 9.67 Å². The van der Waals surface area contributed by atoms with Crippen molar-refractivity contribution in [3.8, 4) is 0 Å². The Kier molecular flexibility index (Phi) is 4.91. The highest BCUT2D eigenvalue weighted by atomic mass is 16.1. The van der Waals surface area contributed by atoms with Crippen molar-refractivity contribution in [3.05, 3.63) is 57.0 Å². The average molecular weight is 381 g/mol. The van der Waals surface area contributed by atoms with Gasteiger partial charge < -0.3 is 4.90 Å². The van der Waals surface area contributed by atoms with E-state index in [1.807, 2.05) is 6.92 Å². The molecule has 0 spiro atoms. The maximum absolute atomic E-state index is 12.6. The molecule has 0 aromatic carbocycles. The smallest absolute Gasteiger partial charge is 0.266 e. The van der Waals surface area contributed by atoms with Crippen LogP contribution in [0.5, 0.6) is 0 Å². The van der Waals surface area contributed by atoms with Crippen LogP contribution in [-0.2, 0) is 13.6 Å². The zero-order chi connectivity index (χ0) is 19.7. The number of rotatable bonds is 4. The lowest BCUT2D eigenvalue weighted by atomic mass is 10.3. The second-order valence-electron chi connectivity index (χ2n) is 7.03. The van der Waals surface area contributed by atoms with Crippen molar-refractivity contribution in [1.29, 1.82) is 0 Å². The molecule has 28 heavy (non-hydrogen) atoms. The number of hydrogen-bond donors (Lipinski definition) is 0. The second kappa shape index (κ2) is 7.51. The molecule has 0 atom stereocenters. The Balaban J connectivity index is 1.44. The monoisotopic (exact) mass is 381 g/mol. The Morgan fingerprint density at radius 1 is 1.04 bits per heavy atom. The number of fused-ring (bicyclic) bond motifs is 1. The Labute approximate surface area is 161 Å². The summed E-state index contributed by atoms with van der Waals surface area (Å²) in [7, 11) is 1.76. The van der Waals surface area contributed by atoms with E-state index < -0.39 is 0 Å². The Morgan fingerprint density at radius 3 is 2.61 bits per heavy atom. The maximum Gasteiger partial charge on any atom is 0.266 e. The highest BCUT2D eigenvalue weighted by Crippen LogP contribution is 2.15. The topological polar surface area (TPSA) is 89.2 Å². The molecule has 9 nitrogen and oxygen atoms in total. The molecule has 0 radical (unpaired) electrons. The van der Waals surface area contributed by atoms with E-state index in [0.29, 0.717) is 23.4 Å². The van der Waals surface area contributed by atoms with Gasteiger partial charge in [0.2, 0.25) is 5.95 Å². The van der Waals surface area contributed by atoms with Crippen molar-refractivity contribution in [3.63, 3.8) is 0 Å². The normalized spacial score (nSPS) is 15.3. The molecule has 1 fully saturated rings. The van der Waals surface area contributed by atoms with Gasteiger partial charge in [0.15, 0.2) is 0 Å². The molecule has 0 unspecified atom stereocenters. The molecular weight excluding hydrogens is 358 g/mol. The van der Waals surface area contributed by atoms with Crippen molar-refractivity contribution in [2.24, 2.45) is 7.05 Å². The summed E-state index contributed by atoms with van der Waals surface area (Å²) in [4.78, 5) is 37.6. The molecule has 3 aromatic heterocycles. The summed E-state index contributed by atoms with van der Waals surface area (Å²) >= 11 is 0. The van der Waals surface area contributed by atoms with Crippen LogP contribution in [0.1, 0.15) is 5.69 Å². The summed E-state index contributed by atoms with van der Waals surface area (Å²) in [6.45, 7) is 6.41. The molecule has 4 rings (SSSR count). The SMILES string of the molecule is Cc1ccc(=O)n(CCN2CCN(c3nc4cnccc4c(=O)n3C)CC2)n1. The van der Waals surface area contributed by atoms with Gasteiger partial charge >= 0.3 is 0 Å². The molecule has 1 aliphatic rings. The predicted molar refractivity (Wildman–Crippen MR) is 107 cm³/mol. The van der Waals surface area contributed by atoms with Crippen molar-refractivity contribution in [1.82, 2.24) is 29.2 Å². The fourth-order valence-electron chi connectivity index (χ4n) is 3.51. The van der Waals surface area contributed by atoms with Gasteiger partial charge in [-0.3, -0.25) is 24.0 Å². The molecule has 0 N–H and O–H groups in total. The number of aryl methyl sites for hydroxylation is 1. The zero-order valence-electron chi connectivity index (χ0n) is 16.1. The highest BCUT2D eigenvalue weighted by molar-refractivity contribution is 5.77. The summed E-state index contributed by atoms with van der Waals surface area (Å²) in [5.41, 5.74) is 1.32. The lowest BCUT2D eigenvalue weighted by molar-refractivity contribution is 0.241. The van der Waals surface area contributed by atoms with Crippen LogP contribution in [0.3, 0.4) is 0 Å². The zero-order valence-corrected chi connectivity index (χ0v) is 16.1. The first-order valence-electron chi connectivity index (χ1n) is 9.36. The van der Waals surface area contributed by atoms with Crippen LogP contribution < -0.4 is 16.0 Å². The summed E-state index contributed by atoms with van der Waals surface area (Å²) in [6, 6.07) is 4.99. The lowest BCUT2D eigenvalue weighted by Crippen LogP contribution is -2.49. The van der Waals surface area contributed by atoms with Crippen molar-refractivity contribution in [2.75, 3.05) is 37.6 Å². The van der Waals surface area contributed by atoms with Crippen LogP contribution in [0.25, 0.3) is 10.9 Å². The molecule has 0 amide bonds. The van der Waals surface area contributed by atoms with Gasteiger partial charge in [0.1, 0.15) is 0 Å². The van der Waals surface area contributed by atoms with Gasteiger partial charge in [0.05, 0.1) is 29.3 Å². The fourth-order valence-corrected chi connectivity index (χ4v) is 3.51. The van der Waals surface area contributed by atoms with E-state index in [1.54, 1.807) is 42.2 Å². The third-order valence-corrected chi connectivity index (χ3v) is 5.14. The van der Waals surface area contributed by atoms with Gasteiger partial charge in [0, 0.05) is 52.0 Å². The molecule has 0 aliphatic carbocycles. The Hall–Kier alpha value is -3.07. The fraction of sp³-hybridized carbons (Fsp3) is 0.421. The Bertz CT molecular complexity index is 1110. The quantitative estimate of drug-likeness (QED) is 0.629. The molecular formula is C19H23N7O2. The minimum Gasteiger partial charge on any atom is -0.340 e. The first kappa shape index (κ1) is 18.3. The number of anilines is 1. The molecule has 146 valence electrons.